The molecule has 2 heterocycles. The number of ether oxygens (including phenoxy) is 4. The molecule has 178 valence electrons. The van der Waals surface area contributed by atoms with Crippen LogP contribution in [0, 0.1) is 0 Å². The molecule has 0 bridgehead atoms. The van der Waals surface area contributed by atoms with E-state index < -0.39 is 61.1 Å². The third-order valence-electron chi connectivity index (χ3n) is 5.66. The van der Waals surface area contributed by atoms with E-state index in [2.05, 4.69) is 0 Å². The van der Waals surface area contributed by atoms with Crippen molar-refractivity contribution in [2.24, 2.45) is 0 Å². The summed E-state index contributed by atoms with van der Waals surface area (Å²) in [6.45, 7) is -0.640. The molecule has 6 N–H and O–H groups in total. The molecule has 11 heteroatoms. The first-order chi connectivity index (χ1) is 15.7. The highest BCUT2D eigenvalue weighted by Gasteiger charge is 2.45. The van der Waals surface area contributed by atoms with Crippen LogP contribution in [-0.2, 0) is 4.74 Å². The van der Waals surface area contributed by atoms with Gasteiger partial charge in [-0.2, -0.15) is 0 Å². The molecule has 0 saturated carbocycles. The normalized spacial score (nSPS) is 31.5. The topological polar surface area (TPSA) is 175 Å². The number of carbonyl (C=O) groups is 1. The van der Waals surface area contributed by atoms with Gasteiger partial charge in [0.2, 0.25) is 12.1 Å². The van der Waals surface area contributed by atoms with E-state index in [1.807, 2.05) is 0 Å². The summed E-state index contributed by atoms with van der Waals surface area (Å²) in [6, 6.07) is 8.85. The predicted molar refractivity (Wildman–Crippen MR) is 109 cm³/mol. The Hall–Kier alpha value is -2.93. The molecular weight excluding hydrogens is 440 g/mol. The van der Waals surface area contributed by atoms with Crippen molar-refractivity contribution in [1.82, 2.24) is 0 Å². The van der Waals surface area contributed by atoms with Gasteiger partial charge in [-0.15, -0.1) is 0 Å². The number of carbonyl (C=O) groups excluding carboxylic acids is 1. The minimum atomic E-state index is -1.67. The Morgan fingerprint density at radius 1 is 0.970 bits per heavy atom. The number of aliphatic hydroxyl groups is 5. The number of rotatable bonds is 5. The molecule has 7 atom stereocenters. The van der Waals surface area contributed by atoms with E-state index in [1.54, 1.807) is 24.3 Å². The second kappa shape index (κ2) is 9.14. The van der Waals surface area contributed by atoms with Crippen LogP contribution in [0.4, 0.5) is 0 Å². The van der Waals surface area contributed by atoms with Gasteiger partial charge >= 0.3 is 0 Å². The van der Waals surface area contributed by atoms with Crippen LogP contribution in [0.15, 0.2) is 36.4 Å². The van der Waals surface area contributed by atoms with E-state index in [0.29, 0.717) is 11.3 Å². The van der Waals surface area contributed by atoms with Gasteiger partial charge in [0, 0.05) is 12.1 Å². The molecule has 2 aromatic rings. The van der Waals surface area contributed by atoms with Crippen LogP contribution in [0.3, 0.4) is 0 Å². The van der Waals surface area contributed by atoms with E-state index in [-0.39, 0.29) is 17.1 Å². The number of aromatic hydroxyl groups is 1. The molecule has 2 unspecified atom stereocenters. The van der Waals surface area contributed by atoms with Gasteiger partial charge in [0.1, 0.15) is 53.0 Å². The summed E-state index contributed by atoms with van der Waals surface area (Å²) in [5.41, 5.74) is 0.246. The number of hydrogen-bond donors (Lipinski definition) is 6. The Labute approximate surface area is 188 Å². The molecule has 33 heavy (non-hydrogen) atoms. The quantitative estimate of drug-likeness (QED) is 0.329. The van der Waals surface area contributed by atoms with Gasteiger partial charge in [-0.05, 0) is 17.7 Å². The van der Waals surface area contributed by atoms with E-state index in [9.17, 15) is 35.4 Å². The molecule has 0 aliphatic carbocycles. The summed E-state index contributed by atoms with van der Waals surface area (Å²) in [6.07, 6.45) is -10.2. The molecule has 2 aliphatic rings. The second-order valence-corrected chi connectivity index (χ2v) is 7.75. The number of phenolic OH excluding ortho intramolecular Hbond substituents is 1. The van der Waals surface area contributed by atoms with E-state index in [0.717, 1.165) is 6.07 Å². The highest BCUT2D eigenvalue weighted by Crippen LogP contribution is 2.42. The van der Waals surface area contributed by atoms with Gasteiger partial charge in [-0.3, -0.25) is 4.79 Å². The number of ketones is 1. The molecule has 1 saturated heterocycles. The van der Waals surface area contributed by atoms with Gasteiger partial charge in [-0.25, -0.2) is 0 Å². The molecule has 0 radical (unpaired) electrons. The van der Waals surface area contributed by atoms with Crippen LogP contribution in [0.5, 0.6) is 23.0 Å². The first kappa shape index (κ1) is 23.2. The number of hydrogen-bond acceptors (Lipinski definition) is 11. The van der Waals surface area contributed by atoms with Crippen LogP contribution in [0.25, 0.3) is 0 Å². The van der Waals surface area contributed by atoms with Crippen LogP contribution in [0.1, 0.15) is 22.0 Å². The third kappa shape index (κ3) is 4.22. The van der Waals surface area contributed by atoms with Gasteiger partial charge in [0.25, 0.3) is 0 Å². The minimum Gasteiger partial charge on any atom is -0.507 e. The first-order valence-corrected chi connectivity index (χ1v) is 10.1. The Balaban J connectivity index is 1.62. The fourth-order valence-corrected chi connectivity index (χ4v) is 3.81. The van der Waals surface area contributed by atoms with E-state index in [4.69, 9.17) is 18.9 Å². The zero-order chi connectivity index (χ0) is 23.9. The monoisotopic (exact) mass is 464 g/mol. The number of benzene rings is 2. The predicted octanol–water partition coefficient (Wildman–Crippen LogP) is -0.743. The fraction of sp³-hybridized carbons (Fsp3) is 0.409. The van der Waals surface area contributed by atoms with Crippen LogP contribution in [-0.4, -0.2) is 86.9 Å². The summed E-state index contributed by atoms with van der Waals surface area (Å²) in [7, 11) is 1.50. The smallest absolute Gasteiger partial charge is 0.229 e. The van der Waals surface area contributed by atoms with Crippen molar-refractivity contribution in [2.75, 3.05) is 13.7 Å². The summed E-state index contributed by atoms with van der Waals surface area (Å²) in [5, 5.41) is 60.2. The average Bonchev–Trinajstić information content (AvgIpc) is 2.81. The van der Waals surface area contributed by atoms with E-state index >= 15 is 0 Å². The maximum atomic E-state index is 12.7. The summed E-state index contributed by atoms with van der Waals surface area (Å²) in [4.78, 5) is 12.7. The number of phenols is 1. The van der Waals surface area contributed by atoms with Crippen LogP contribution in [0.2, 0.25) is 0 Å². The molecule has 2 aromatic carbocycles. The molecule has 11 nitrogen and oxygen atoms in total. The molecule has 4 rings (SSSR count). The largest absolute Gasteiger partial charge is 0.507 e. The number of aliphatic hydroxyl groups excluding tert-OH is 5. The van der Waals surface area contributed by atoms with Crippen molar-refractivity contribution in [1.29, 1.82) is 0 Å². The first-order valence-electron chi connectivity index (χ1n) is 10.1. The van der Waals surface area contributed by atoms with Crippen molar-refractivity contribution in [3.8, 4) is 23.0 Å². The highest BCUT2D eigenvalue weighted by atomic mass is 16.7. The van der Waals surface area contributed by atoms with Crippen molar-refractivity contribution < 1.29 is 54.4 Å². The van der Waals surface area contributed by atoms with Gasteiger partial charge in [0.15, 0.2) is 12.2 Å². The lowest BCUT2D eigenvalue weighted by Crippen LogP contribution is -2.60. The SMILES string of the molecule is COc1ccc(C2Oc3cc(O[C@@H]4O[C@H](CO)[C@@H](O)[C@H](O)[C@H]4O)cc(O)c3C(=O)C2O)cc1. The summed E-state index contributed by atoms with van der Waals surface area (Å²) >= 11 is 0. The van der Waals surface area contributed by atoms with Crippen molar-refractivity contribution >= 4 is 5.78 Å². The Bertz CT molecular complexity index is 1010. The van der Waals surface area contributed by atoms with Gasteiger partial charge in [0.05, 0.1) is 13.7 Å². The van der Waals surface area contributed by atoms with Crippen molar-refractivity contribution in [3.05, 3.63) is 47.5 Å². The lowest BCUT2D eigenvalue weighted by Gasteiger charge is -2.39. The van der Waals surface area contributed by atoms with Gasteiger partial charge in [-0.1, -0.05) is 12.1 Å². The highest BCUT2D eigenvalue weighted by molar-refractivity contribution is 6.05. The zero-order valence-electron chi connectivity index (χ0n) is 17.4. The lowest BCUT2D eigenvalue weighted by molar-refractivity contribution is -0.277. The average molecular weight is 464 g/mol. The van der Waals surface area contributed by atoms with Gasteiger partial charge < -0.3 is 49.6 Å². The molecule has 2 aliphatic heterocycles. The second-order valence-electron chi connectivity index (χ2n) is 7.75. The molecule has 0 amide bonds. The van der Waals surface area contributed by atoms with Crippen molar-refractivity contribution in [2.45, 2.75) is 42.9 Å². The Morgan fingerprint density at radius 2 is 1.67 bits per heavy atom. The number of methoxy groups -OCH3 is 1. The number of Topliss-reactive ketones (excluding diaryl/α,β-unsaturated/α-hetero) is 1. The van der Waals surface area contributed by atoms with E-state index in [1.165, 1.54) is 13.2 Å². The molecule has 0 aromatic heterocycles. The fourth-order valence-electron chi connectivity index (χ4n) is 3.81. The third-order valence-corrected chi connectivity index (χ3v) is 5.66. The lowest BCUT2D eigenvalue weighted by atomic mass is 9.93. The molecule has 0 spiro atoms. The summed E-state index contributed by atoms with van der Waals surface area (Å²) < 4.78 is 21.7. The minimum absolute atomic E-state index is 0.0780. The standard InChI is InChI=1S/C22H24O11/c1-30-10-4-2-9(3-5-10)21-19(28)17(26)15-12(24)6-11(7-13(15)32-21)31-22-20(29)18(27)16(25)14(8-23)33-22/h2-7,14,16,18-25,27-29H,8H2,1H3/t14-,16-,18+,19?,20-,21?,22-/m1/s1. The number of fused-ring (bicyclic) bond motifs is 1. The maximum absolute atomic E-state index is 12.7. The van der Waals surface area contributed by atoms with Crippen LogP contribution < -0.4 is 14.2 Å². The molecular formula is C22H24O11. The van der Waals surface area contributed by atoms with Crippen molar-refractivity contribution in [3.63, 3.8) is 0 Å². The van der Waals surface area contributed by atoms with Crippen LogP contribution >= 0.6 is 0 Å². The molecule has 1 fully saturated rings. The zero-order valence-corrected chi connectivity index (χ0v) is 17.4. The maximum Gasteiger partial charge on any atom is 0.229 e. The Kier molecular flexibility index (Phi) is 6.43. The Morgan fingerprint density at radius 3 is 2.30 bits per heavy atom. The summed E-state index contributed by atoms with van der Waals surface area (Å²) in [5.74, 6) is -0.888.